The summed E-state index contributed by atoms with van der Waals surface area (Å²) in [6.45, 7) is 4.26. The van der Waals surface area contributed by atoms with Crippen molar-refractivity contribution in [3.8, 4) is 5.75 Å². The Kier molecular flexibility index (Phi) is 5.65. The average Bonchev–Trinajstić information content (AvgIpc) is 2.34. The first-order chi connectivity index (χ1) is 8.52. The topological polar surface area (TPSA) is 55.8 Å². The van der Waals surface area contributed by atoms with Gasteiger partial charge < -0.3 is 14.6 Å². The Bertz CT molecular complexity index is 370. The maximum absolute atomic E-state index is 11.0. The normalized spacial score (nSPS) is 12.4. The molecule has 1 N–H and O–H groups in total. The van der Waals surface area contributed by atoms with Gasteiger partial charge in [-0.05, 0) is 30.0 Å². The van der Waals surface area contributed by atoms with Crippen LogP contribution in [0.2, 0.25) is 0 Å². The van der Waals surface area contributed by atoms with Crippen LogP contribution in [0.15, 0.2) is 24.3 Å². The molecule has 0 fully saturated rings. The highest BCUT2D eigenvalue weighted by Crippen LogP contribution is 2.15. The summed E-state index contributed by atoms with van der Waals surface area (Å²) in [5.41, 5.74) is 0.936. The molecule has 18 heavy (non-hydrogen) atoms. The first-order valence-corrected chi connectivity index (χ1v) is 6.00. The molecule has 0 saturated heterocycles. The summed E-state index contributed by atoms with van der Waals surface area (Å²) in [7, 11) is 1.61. The zero-order valence-corrected chi connectivity index (χ0v) is 11.1. The van der Waals surface area contributed by atoms with Gasteiger partial charge in [-0.3, -0.25) is 0 Å². The summed E-state index contributed by atoms with van der Waals surface area (Å²) in [4.78, 5) is 11.0. The molecular formula is C14H20O4. The highest BCUT2D eigenvalue weighted by Gasteiger charge is 2.19. The Hall–Kier alpha value is -1.55. The van der Waals surface area contributed by atoms with Gasteiger partial charge in [-0.15, -0.1) is 0 Å². The Labute approximate surface area is 108 Å². The smallest absolute Gasteiger partial charge is 0.332 e. The monoisotopic (exact) mass is 252 g/mol. The molecule has 0 saturated carbocycles. The van der Waals surface area contributed by atoms with Crippen molar-refractivity contribution in [2.24, 2.45) is 5.92 Å². The third-order valence-corrected chi connectivity index (χ3v) is 2.57. The van der Waals surface area contributed by atoms with Gasteiger partial charge in [-0.25, -0.2) is 4.79 Å². The van der Waals surface area contributed by atoms with Gasteiger partial charge in [0.2, 0.25) is 0 Å². The van der Waals surface area contributed by atoms with E-state index in [-0.39, 0.29) is 0 Å². The van der Waals surface area contributed by atoms with Crippen LogP contribution in [0.1, 0.15) is 25.8 Å². The van der Waals surface area contributed by atoms with Gasteiger partial charge in [0.25, 0.3) is 0 Å². The standard InChI is InChI=1S/C14H20O4/c1-10(2)8-13(14(15)16)18-9-11-4-6-12(17-3)7-5-11/h4-7,10,13H,8-9H2,1-3H3,(H,15,16). The summed E-state index contributed by atoms with van der Waals surface area (Å²) >= 11 is 0. The van der Waals surface area contributed by atoms with Gasteiger partial charge >= 0.3 is 5.97 Å². The molecule has 1 aromatic rings. The molecule has 4 nitrogen and oxygen atoms in total. The molecule has 0 radical (unpaired) electrons. The number of rotatable bonds is 7. The lowest BCUT2D eigenvalue weighted by molar-refractivity contribution is -0.152. The third kappa shape index (κ3) is 4.75. The second-order valence-corrected chi connectivity index (χ2v) is 4.62. The van der Waals surface area contributed by atoms with Crippen molar-refractivity contribution in [2.75, 3.05) is 7.11 Å². The van der Waals surface area contributed by atoms with Crippen LogP contribution in [0, 0.1) is 5.92 Å². The number of benzene rings is 1. The van der Waals surface area contributed by atoms with Crippen LogP contribution in [0.4, 0.5) is 0 Å². The molecule has 0 aliphatic heterocycles. The van der Waals surface area contributed by atoms with E-state index in [0.717, 1.165) is 11.3 Å². The molecule has 0 heterocycles. The van der Waals surface area contributed by atoms with Crippen LogP contribution < -0.4 is 4.74 Å². The Morgan fingerprint density at radius 2 is 1.89 bits per heavy atom. The van der Waals surface area contributed by atoms with Crippen molar-refractivity contribution >= 4 is 5.97 Å². The zero-order chi connectivity index (χ0) is 13.5. The SMILES string of the molecule is COc1ccc(COC(CC(C)C)C(=O)O)cc1. The molecule has 0 bridgehead atoms. The van der Waals surface area contributed by atoms with E-state index in [1.807, 2.05) is 38.1 Å². The van der Waals surface area contributed by atoms with Crippen LogP contribution in [0.25, 0.3) is 0 Å². The van der Waals surface area contributed by atoms with E-state index in [1.165, 1.54) is 0 Å². The van der Waals surface area contributed by atoms with Gasteiger partial charge in [0.1, 0.15) is 5.75 Å². The fourth-order valence-electron chi connectivity index (χ4n) is 1.59. The van der Waals surface area contributed by atoms with Crippen LogP contribution >= 0.6 is 0 Å². The molecule has 4 heteroatoms. The van der Waals surface area contributed by atoms with Crippen molar-refractivity contribution in [1.29, 1.82) is 0 Å². The maximum atomic E-state index is 11.0. The van der Waals surface area contributed by atoms with Crippen LogP contribution in [-0.4, -0.2) is 24.3 Å². The highest BCUT2D eigenvalue weighted by atomic mass is 16.5. The first kappa shape index (κ1) is 14.5. The van der Waals surface area contributed by atoms with Gasteiger partial charge in [-0.2, -0.15) is 0 Å². The number of hydrogen-bond donors (Lipinski definition) is 1. The summed E-state index contributed by atoms with van der Waals surface area (Å²) in [5, 5.41) is 9.04. The van der Waals surface area contributed by atoms with Crippen molar-refractivity contribution in [2.45, 2.75) is 33.0 Å². The lowest BCUT2D eigenvalue weighted by Gasteiger charge is -2.15. The van der Waals surface area contributed by atoms with E-state index >= 15 is 0 Å². The molecular weight excluding hydrogens is 232 g/mol. The van der Waals surface area contributed by atoms with Crippen molar-refractivity contribution in [1.82, 2.24) is 0 Å². The summed E-state index contributed by atoms with van der Waals surface area (Å²) in [5.74, 6) is 0.162. The second-order valence-electron chi connectivity index (χ2n) is 4.62. The Morgan fingerprint density at radius 3 is 2.33 bits per heavy atom. The second kappa shape index (κ2) is 7.01. The number of carboxylic acid groups (broad SMARTS) is 1. The van der Waals surface area contributed by atoms with Crippen LogP contribution in [0.5, 0.6) is 5.75 Å². The summed E-state index contributed by atoms with van der Waals surface area (Å²) in [6, 6.07) is 7.40. The van der Waals surface area contributed by atoms with Crippen molar-refractivity contribution in [3.63, 3.8) is 0 Å². The highest BCUT2D eigenvalue weighted by molar-refractivity contribution is 5.72. The molecule has 1 aromatic carbocycles. The fourth-order valence-corrected chi connectivity index (χ4v) is 1.59. The summed E-state index contributed by atoms with van der Waals surface area (Å²) in [6.07, 6.45) is -0.224. The van der Waals surface area contributed by atoms with E-state index in [2.05, 4.69) is 0 Å². The van der Waals surface area contributed by atoms with Gasteiger partial charge in [0.05, 0.1) is 13.7 Å². The number of ether oxygens (including phenoxy) is 2. The number of aliphatic carboxylic acids is 1. The molecule has 1 rings (SSSR count). The Balaban J connectivity index is 2.52. The quantitative estimate of drug-likeness (QED) is 0.810. The molecule has 0 aromatic heterocycles. The van der Waals surface area contributed by atoms with Gasteiger partial charge in [0, 0.05) is 0 Å². The van der Waals surface area contributed by atoms with E-state index < -0.39 is 12.1 Å². The lowest BCUT2D eigenvalue weighted by atomic mass is 10.1. The largest absolute Gasteiger partial charge is 0.497 e. The minimum Gasteiger partial charge on any atom is -0.497 e. The van der Waals surface area contributed by atoms with E-state index in [0.29, 0.717) is 18.9 Å². The van der Waals surface area contributed by atoms with Crippen LogP contribution in [0.3, 0.4) is 0 Å². The van der Waals surface area contributed by atoms with E-state index in [4.69, 9.17) is 14.6 Å². The average molecular weight is 252 g/mol. The number of carbonyl (C=O) groups is 1. The minimum atomic E-state index is -0.905. The zero-order valence-electron chi connectivity index (χ0n) is 11.1. The fraction of sp³-hybridized carbons (Fsp3) is 0.500. The summed E-state index contributed by atoms with van der Waals surface area (Å²) < 4.78 is 10.5. The number of carboxylic acids is 1. The van der Waals surface area contributed by atoms with Crippen molar-refractivity contribution in [3.05, 3.63) is 29.8 Å². The number of methoxy groups -OCH3 is 1. The predicted molar refractivity (Wildman–Crippen MR) is 68.7 cm³/mol. The minimum absolute atomic E-state index is 0.293. The van der Waals surface area contributed by atoms with Crippen LogP contribution in [-0.2, 0) is 16.1 Å². The lowest BCUT2D eigenvalue weighted by Crippen LogP contribution is -2.25. The predicted octanol–water partition coefficient (Wildman–Crippen LogP) is 2.71. The maximum Gasteiger partial charge on any atom is 0.332 e. The first-order valence-electron chi connectivity index (χ1n) is 6.00. The molecule has 0 spiro atoms. The number of hydrogen-bond acceptors (Lipinski definition) is 3. The molecule has 1 unspecified atom stereocenters. The molecule has 0 aliphatic rings. The van der Waals surface area contributed by atoms with E-state index in [1.54, 1.807) is 7.11 Å². The van der Waals surface area contributed by atoms with E-state index in [9.17, 15) is 4.79 Å². The molecule has 100 valence electrons. The molecule has 0 aliphatic carbocycles. The van der Waals surface area contributed by atoms with Crippen molar-refractivity contribution < 1.29 is 19.4 Å². The molecule has 1 atom stereocenters. The molecule has 0 amide bonds. The third-order valence-electron chi connectivity index (χ3n) is 2.57. The van der Waals surface area contributed by atoms with Gasteiger partial charge in [0.15, 0.2) is 6.10 Å². The Morgan fingerprint density at radius 1 is 1.28 bits per heavy atom. The van der Waals surface area contributed by atoms with Gasteiger partial charge in [-0.1, -0.05) is 26.0 Å².